The van der Waals surface area contributed by atoms with E-state index in [1.54, 1.807) is 6.08 Å². The van der Waals surface area contributed by atoms with Crippen molar-refractivity contribution in [1.82, 2.24) is 4.72 Å². The first-order valence-electron chi connectivity index (χ1n) is 11.3. The number of allylic oxidation sites excluding steroid dienone is 2. The smallest absolute Gasteiger partial charge is 0.234 e. The van der Waals surface area contributed by atoms with Crippen molar-refractivity contribution in [3.8, 4) is 0 Å². The summed E-state index contributed by atoms with van der Waals surface area (Å²) in [5.74, 6) is -1.05. The number of amides is 1. The first kappa shape index (κ1) is 28.0. The second-order valence-corrected chi connectivity index (χ2v) is 12.1. The van der Waals surface area contributed by atoms with Crippen molar-refractivity contribution >= 4 is 38.9 Å². The average molecular weight is 520 g/mol. The maximum atomic E-state index is 11.6. The van der Waals surface area contributed by atoms with E-state index in [-0.39, 0.29) is 24.0 Å². The van der Waals surface area contributed by atoms with Gasteiger partial charge in [0.25, 0.3) is 0 Å². The molecule has 33 heavy (non-hydrogen) atoms. The minimum absolute atomic E-state index is 0.120. The van der Waals surface area contributed by atoms with Crippen molar-refractivity contribution in [3.63, 3.8) is 0 Å². The minimum Gasteiger partial charge on any atom is -0.393 e. The van der Waals surface area contributed by atoms with Crippen LogP contribution in [0.25, 0.3) is 0 Å². The summed E-state index contributed by atoms with van der Waals surface area (Å²) < 4.78 is 25.5. The summed E-state index contributed by atoms with van der Waals surface area (Å²) in [4.78, 5) is 12.7. The third kappa shape index (κ3) is 9.88. The fraction of sp³-hybridized carbons (Fsp3) is 0.609. The maximum Gasteiger partial charge on any atom is 0.234 e. The zero-order valence-corrected chi connectivity index (χ0v) is 21.2. The van der Waals surface area contributed by atoms with Crippen molar-refractivity contribution in [2.24, 2.45) is 11.8 Å². The monoisotopic (exact) mass is 519 g/mol. The summed E-state index contributed by atoms with van der Waals surface area (Å²) in [7, 11) is -3.52. The van der Waals surface area contributed by atoms with E-state index in [1.807, 2.05) is 35.1 Å². The van der Waals surface area contributed by atoms with Gasteiger partial charge in [-0.25, -0.2) is 8.42 Å². The van der Waals surface area contributed by atoms with Gasteiger partial charge in [-0.3, -0.25) is 9.52 Å². The molecule has 0 saturated heterocycles. The van der Waals surface area contributed by atoms with Gasteiger partial charge in [-0.2, -0.15) is 0 Å². The van der Waals surface area contributed by atoms with Gasteiger partial charge in [-0.15, -0.1) is 11.3 Å². The number of aryl methyl sites for hydroxylation is 1. The molecule has 1 amide bonds. The Bertz CT molecular complexity index is 914. The van der Waals surface area contributed by atoms with E-state index in [1.165, 1.54) is 18.3 Å². The molecule has 5 atom stereocenters. The highest BCUT2D eigenvalue weighted by Gasteiger charge is 2.39. The Morgan fingerprint density at radius 1 is 1.30 bits per heavy atom. The lowest BCUT2D eigenvalue weighted by Crippen LogP contribution is -2.31. The van der Waals surface area contributed by atoms with Gasteiger partial charge in [0.05, 0.1) is 28.4 Å². The number of carbonyl (C=O) groups excluding carboxylic acids is 1. The summed E-state index contributed by atoms with van der Waals surface area (Å²) in [6, 6.07) is 3.78. The number of aliphatic hydroxyl groups is 3. The van der Waals surface area contributed by atoms with Gasteiger partial charge in [0.1, 0.15) is 0 Å². The molecule has 1 aromatic heterocycles. The van der Waals surface area contributed by atoms with Crippen LogP contribution in [0.3, 0.4) is 0 Å². The first-order chi connectivity index (χ1) is 15.6. The molecule has 10 heteroatoms. The predicted octanol–water partition coefficient (Wildman–Crippen LogP) is 3.19. The zero-order valence-electron chi connectivity index (χ0n) is 18.8. The molecule has 1 heterocycles. The van der Waals surface area contributed by atoms with Crippen LogP contribution in [0.4, 0.5) is 0 Å². The number of unbranched alkanes of at least 4 members (excludes halogenated alkanes) is 1. The molecule has 1 aliphatic rings. The van der Waals surface area contributed by atoms with Crippen molar-refractivity contribution < 1.29 is 28.5 Å². The molecule has 0 spiro atoms. The molecule has 0 unspecified atom stereocenters. The van der Waals surface area contributed by atoms with E-state index in [4.69, 9.17) is 11.6 Å². The molecule has 1 aromatic rings. The van der Waals surface area contributed by atoms with Crippen molar-refractivity contribution in [3.05, 3.63) is 45.7 Å². The lowest BCUT2D eigenvalue weighted by atomic mass is 9.89. The highest BCUT2D eigenvalue weighted by Crippen LogP contribution is 2.36. The molecular formula is C23H34ClNO6S2. The van der Waals surface area contributed by atoms with Crippen LogP contribution in [0.1, 0.15) is 50.3 Å². The fourth-order valence-corrected chi connectivity index (χ4v) is 5.58. The lowest BCUT2D eigenvalue weighted by molar-refractivity contribution is -0.119. The molecule has 186 valence electrons. The molecule has 0 aliphatic heterocycles. The molecule has 1 saturated carbocycles. The Hall–Kier alpha value is -1.23. The van der Waals surface area contributed by atoms with Crippen LogP contribution in [-0.2, 0) is 21.2 Å². The van der Waals surface area contributed by atoms with Crippen LogP contribution < -0.4 is 4.72 Å². The third-order valence-electron chi connectivity index (χ3n) is 5.79. The van der Waals surface area contributed by atoms with E-state index in [0.29, 0.717) is 38.5 Å². The number of carbonyl (C=O) groups is 1. The molecule has 0 aromatic carbocycles. The molecule has 1 fully saturated rings. The Kier molecular flexibility index (Phi) is 11.5. The van der Waals surface area contributed by atoms with Gasteiger partial charge < -0.3 is 15.3 Å². The predicted molar refractivity (Wildman–Crippen MR) is 132 cm³/mol. The highest BCUT2D eigenvalue weighted by molar-refractivity contribution is 7.90. The van der Waals surface area contributed by atoms with Crippen molar-refractivity contribution in [1.29, 1.82) is 0 Å². The summed E-state index contributed by atoms with van der Waals surface area (Å²) in [6.07, 6.45) is 8.76. The van der Waals surface area contributed by atoms with Crippen molar-refractivity contribution in [2.75, 3.05) is 5.75 Å². The van der Waals surface area contributed by atoms with Crippen LogP contribution in [0, 0.1) is 11.8 Å². The van der Waals surface area contributed by atoms with Crippen molar-refractivity contribution in [2.45, 2.75) is 70.2 Å². The Labute approximate surface area is 205 Å². The zero-order chi connectivity index (χ0) is 24.4. The second kappa shape index (κ2) is 13.6. The van der Waals surface area contributed by atoms with Crippen LogP contribution in [-0.4, -0.2) is 53.7 Å². The van der Waals surface area contributed by atoms with Gasteiger partial charge in [-0.05, 0) is 57.1 Å². The number of halogens is 1. The normalized spacial score (nSPS) is 24.6. The Morgan fingerprint density at radius 3 is 2.73 bits per heavy atom. The van der Waals surface area contributed by atoms with E-state index in [2.05, 4.69) is 0 Å². The van der Waals surface area contributed by atoms with Gasteiger partial charge in [0, 0.05) is 23.6 Å². The SMILES string of the molecule is CCS(=O)(=O)NC(=O)CCC/C=C\C[C@@H]1[C@@H](/C=C/[C@@H](O)CCc2ccc(Cl)s2)[C@H](O)C[C@@H]1O. The van der Waals surface area contributed by atoms with Crippen LogP contribution in [0.5, 0.6) is 0 Å². The molecule has 7 nitrogen and oxygen atoms in total. The Balaban J connectivity index is 1.76. The highest BCUT2D eigenvalue weighted by atomic mass is 35.5. The first-order valence-corrected chi connectivity index (χ1v) is 14.1. The lowest BCUT2D eigenvalue weighted by Gasteiger charge is -2.19. The van der Waals surface area contributed by atoms with Crippen LogP contribution in [0.2, 0.25) is 4.34 Å². The number of aliphatic hydroxyl groups excluding tert-OH is 3. The topological polar surface area (TPSA) is 124 Å². The number of sulfonamides is 1. The minimum atomic E-state index is -3.52. The standard InChI is InChI=1S/C23H34ClNO6S2/c1-2-33(30,31)25-23(29)8-6-4-3-5-7-18-19(21(28)15-20(18)27)13-10-16(26)9-11-17-12-14-22(24)32-17/h3,5,10,12-14,16,18-21,26-28H,2,4,6-9,11,15H2,1H3,(H,25,29)/b5-3-,13-10+/t16-,18+,19+,20-,21+/m0/s1. The van der Waals surface area contributed by atoms with Gasteiger partial charge in [-0.1, -0.05) is 35.9 Å². The van der Waals surface area contributed by atoms with Crippen LogP contribution in [0.15, 0.2) is 36.4 Å². The number of hydrogen-bond acceptors (Lipinski definition) is 7. The molecule has 0 radical (unpaired) electrons. The van der Waals surface area contributed by atoms with E-state index in [9.17, 15) is 28.5 Å². The third-order valence-corrected chi connectivity index (χ3v) is 8.38. The van der Waals surface area contributed by atoms with E-state index >= 15 is 0 Å². The van der Waals surface area contributed by atoms with Gasteiger partial charge in [0.2, 0.25) is 15.9 Å². The largest absolute Gasteiger partial charge is 0.393 e. The summed E-state index contributed by atoms with van der Waals surface area (Å²) >= 11 is 7.42. The maximum absolute atomic E-state index is 11.6. The second-order valence-electron chi connectivity index (χ2n) is 8.34. The van der Waals surface area contributed by atoms with E-state index in [0.717, 1.165) is 9.21 Å². The number of hydrogen-bond donors (Lipinski definition) is 4. The Morgan fingerprint density at radius 2 is 2.06 bits per heavy atom. The molecule has 2 rings (SSSR count). The van der Waals surface area contributed by atoms with Gasteiger partial charge in [0.15, 0.2) is 0 Å². The fourth-order valence-electron chi connectivity index (χ4n) is 3.88. The van der Waals surface area contributed by atoms with Gasteiger partial charge >= 0.3 is 0 Å². The molecule has 1 aliphatic carbocycles. The quantitative estimate of drug-likeness (QED) is 0.234. The summed E-state index contributed by atoms with van der Waals surface area (Å²) in [6.45, 7) is 1.47. The number of nitrogens with one attached hydrogen (secondary N) is 1. The van der Waals surface area contributed by atoms with Crippen LogP contribution >= 0.6 is 22.9 Å². The van der Waals surface area contributed by atoms with E-state index < -0.39 is 34.2 Å². The molecule has 4 N–H and O–H groups in total. The number of thiophene rings is 1. The number of rotatable bonds is 13. The summed E-state index contributed by atoms with van der Waals surface area (Å²) in [5.41, 5.74) is 0. The summed E-state index contributed by atoms with van der Waals surface area (Å²) in [5, 5.41) is 31.0. The molecule has 0 bridgehead atoms. The average Bonchev–Trinajstić information content (AvgIpc) is 3.28. The molecular weight excluding hydrogens is 486 g/mol.